The highest BCUT2D eigenvalue weighted by Crippen LogP contribution is 2.11. The summed E-state index contributed by atoms with van der Waals surface area (Å²) >= 11 is 0. The molecule has 0 amide bonds. The minimum absolute atomic E-state index is 0.134. The molecule has 0 unspecified atom stereocenters. The van der Waals surface area contributed by atoms with Crippen LogP contribution in [0.5, 0.6) is 0 Å². The van der Waals surface area contributed by atoms with Crippen LogP contribution in [0.2, 0.25) is 0 Å². The zero-order valence-electron chi connectivity index (χ0n) is 6.97. The van der Waals surface area contributed by atoms with Crippen molar-refractivity contribution in [1.29, 1.82) is 0 Å². The van der Waals surface area contributed by atoms with E-state index in [0.29, 0.717) is 5.56 Å². The Morgan fingerprint density at radius 1 is 1.69 bits per heavy atom. The lowest BCUT2D eigenvalue weighted by Crippen LogP contribution is -2.08. The fraction of sp³-hybridized carbons (Fsp3) is 0.111. The van der Waals surface area contributed by atoms with Crippen LogP contribution in [0, 0.1) is 0 Å². The van der Waals surface area contributed by atoms with Gasteiger partial charge in [-0.25, -0.2) is 4.79 Å². The number of carboxylic acids is 1. The second-order valence-corrected chi connectivity index (χ2v) is 2.57. The van der Waals surface area contributed by atoms with Gasteiger partial charge in [0.25, 0.3) is 0 Å². The standard InChI is InChI=1S/C9H10N2O2/c1-2-8(10)6-3-7(9(12)13)5-11-4-6/h2-5,8H,1,10H2,(H,12,13)/t8-/m1/s1. The average Bonchev–Trinajstić information content (AvgIpc) is 2.17. The van der Waals surface area contributed by atoms with E-state index in [0.717, 1.165) is 0 Å². The molecule has 13 heavy (non-hydrogen) atoms. The number of aromatic carboxylic acids is 1. The van der Waals surface area contributed by atoms with E-state index in [1.54, 1.807) is 0 Å². The normalized spacial score (nSPS) is 12.1. The van der Waals surface area contributed by atoms with Crippen LogP contribution in [0.25, 0.3) is 0 Å². The molecule has 4 heteroatoms. The third-order valence-corrected chi connectivity index (χ3v) is 1.65. The molecular formula is C9H10N2O2. The average molecular weight is 178 g/mol. The number of hydrogen-bond acceptors (Lipinski definition) is 3. The summed E-state index contributed by atoms with van der Waals surface area (Å²) < 4.78 is 0. The molecule has 0 saturated carbocycles. The van der Waals surface area contributed by atoms with E-state index in [2.05, 4.69) is 11.6 Å². The predicted molar refractivity (Wildman–Crippen MR) is 48.3 cm³/mol. The monoisotopic (exact) mass is 178 g/mol. The first-order valence-corrected chi connectivity index (χ1v) is 3.71. The fourth-order valence-corrected chi connectivity index (χ4v) is 0.893. The van der Waals surface area contributed by atoms with E-state index in [1.165, 1.54) is 24.5 Å². The van der Waals surface area contributed by atoms with Crippen molar-refractivity contribution in [2.24, 2.45) is 5.73 Å². The van der Waals surface area contributed by atoms with Crippen molar-refractivity contribution in [1.82, 2.24) is 4.98 Å². The van der Waals surface area contributed by atoms with Gasteiger partial charge >= 0.3 is 5.97 Å². The molecular weight excluding hydrogens is 168 g/mol. The molecule has 1 atom stereocenters. The first kappa shape index (κ1) is 9.41. The highest BCUT2D eigenvalue weighted by atomic mass is 16.4. The summed E-state index contributed by atoms with van der Waals surface area (Å²) in [6.45, 7) is 3.51. The van der Waals surface area contributed by atoms with Gasteiger partial charge in [-0.15, -0.1) is 6.58 Å². The van der Waals surface area contributed by atoms with Crippen molar-refractivity contribution in [2.45, 2.75) is 6.04 Å². The Morgan fingerprint density at radius 2 is 2.38 bits per heavy atom. The Labute approximate surface area is 75.7 Å². The summed E-state index contributed by atoms with van der Waals surface area (Å²) in [5, 5.41) is 8.66. The number of pyridine rings is 1. The van der Waals surface area contributed by atoms with Crippen molar-refractivity contribution in [3.63, 3.8) is 0 Å². The Hall–Kier alpha value is -1.68. The van der Waals surface area contributed by atoms with Gasteiger partial charge in [-0.1, -0.05) is 6.08 Å². The van der Waals surface area contributed by atoms with Gasteiger partial charge in [-0.2, -0.15) is 0 Å². The van der Waals surface area contributed by atoms with Crippen LogP contribution < -0.4 is 5.73 Å². The maximum Gasteiger partial charge on any atom is 0.337 e. The number of carboxylic acid groups (broad SMARTS) is 1. The number of hydrogen-bond donors (Lipinski definition) is 2. The Kier molecular flexibility index (Phi) is 2.76. The van der Waals surface area contributed by atoms with Crippen molar-refractivity contribution in [3.8, 4) is 0 Å². The molecule has 0 saturated heterocycles. The van der Waals surface area contributed by atoms with Crippen LogP contribution >= 0.6 is 0 Å². The topological polar surface area (TPSA) is 76.2 Å². The van der Waals surface area contributed by atoms with Gasteiger partial charge in [0, 0.05) is 18.4 Å². The van der Waals surface area contributed by atoms with E-state index < -0.39 is 5.97 Å². The zero-order valence-corrected chi connectivity index (χ0v) is 6.97. The lowest BCUT2D eigenvalue weighted by atomic mass is 10.1. The molecule has 0 aliphatic rings. The molecule has 0 aliphatic carbocycles. The molecule has 1 aromatic rings. The van der Waals surface area contributed by atoms with Gasteiger partial charge in [0.15, 0.2) is 0 Å². The van der Waals surface area contributed by atoms with E-state index in [4.69, 9.17) is 10.8 Å². The Balaban J connectivity index is 3.04. The largest absolute Gasteiger partial charge is 0.478 e. The fourth-order valence-electron chi connectivity index (χ4n) is 0.893. The summed E-state index contributed by atoms with van der Waals surface area (Å²) in [4.78, 5) is 14.3. The minimum Gasteiger partial charge on any atom is -0.478 e. The second kappa shape index (κ2) is 3.82. The maximum atomic E-state index is 10.6. The lowest BCUT2D eigenvalue weighted by Gasteiger charge is -2.05. The summed E-state index contributed by atoms with van der Waals surface area (Å²) in [7, 11) is 0. The highest BCUT2D eigenvalue weighted by molar-refractivity contribution is 5.87. The van der Waals surface area contributed by atoms with Crippen molar-refractivity contribution < 1.29 is 9.90 Å². The summed E-state index contributed by atoms with van der Waals surface area (Å²) in [5.41, 5.74) is 6.39. The zero-order chi connectivity index (χ0) is 9.84. The highest BCUT2D eigenvalue weighted by Gasteiger charge is 2.06. The first-order valence-electron chi connectivity index (χ1n) is 3.71. The van der Waals surface area contributed by atoms with Crippen molar-refractivity contribution in [3.05, 3.63) is 42.2 Å². The van der Waals surface area contributed by atoms with Crippen LogP contribution in [0.3, 0.4) is 0 Å². The number of aromatic nitrogens is 1. The van der Waals surface area contributed by atoms with Crippen molar-refractivity contribution >= 4 is 5.97 Å². The van der Waals surface area contributed by atoms with E-state index >= 15 is 0 Å². The summed E-state index contributed by atoms with van der Waals surface area (Å²) in [6, 6.07) is 1.12. The molecule has 0 fully saturated rings. The third-order valence-electron chi connectivity index (χ3n) is 1.65. The van der Waals surface area contributed by atoms with Crippen LogP contribution in [-0.4, -0.2) is 16.1 Å². The third kappa shape index (κ3) is 2.13. The number of carbonyl (C=O) groups is 1. The Bertz CT molecular complexity index is 336. The minimum atomic E-state index is -1.01. The van der Waals surface area contributed by atoms with E-state index in [9.17, 15) is 4.79 Å². The molecule has 1 aromatic heterocycles. The van der Waals surface area contributed by atoms with Crippen LogP contribution in [-0.2, 0) is 0 Å². The first-order chi connectivity index (χ1) is 6.15. The summed E-state index contributed by atoms with van der Waals surface area (Å²) in [6.07, 6.45) is 4.34. The molecule has 68 valence electrons. The lowest BCUT2D eigenvalue weighted by molar-refractivity contribution is 0.0696. The van der Waals surface area contributed by atoms with Crippen molar-refractivity contribution in [2.75, 3.05) is 0 Å². The maximum absolute atomic E-state index is 10.6. The second-order valence-electron chi connectivity index (χ2n) is 2.57. The molecule has 0 bridgehead atoms. The predicted octanol–water partition coefficient (Wildman–Crippen LogP) is 0.966. The molecule has 0 aliphatic heterocycles. The van der Waals surface area contributed by atoms with Gasteiger partial charge < -0.3 is 10.8 Å². The van der Waals surface area contributed by atoms with Gasteiger partial charge in [-0.05, 0) is 11.6 Å². The van der Waals surface area contributed by atoms with Crippen LogP contribution in [0.1, 0.15) is 22.0 Å². The Morgan fingerprint density at radius 3 is 2.92 bits per heavy atom. The number of nitrogens with two attached hydrogens (primary N) is 1. The molecule has 0 aromatic carbocycles. The SMILES string of the molecule is C=C[C@@H](N)c1cncc(C(=O)O)c1. The quantitative estimate of drug-likeness (QED) is 0.676. The van der Waals surface area contributed by atoms with E-state index in [1.807, 2.05) is 0 Å². The molecule has 0 radical (unpaired) electrons. The number of nitrogens with zero attached hydrogens (tertiary/aromatic N) is 1. The number of rotatable bonds is 3. The molecule has 0 spiro atoms. The van der Waals surface area contributed by atoms with E-state index in [-0.39, 0.29) is 11.6 Å². The van der Waals surface area contributed by atoms with Gasteiger partial charge in [0.2, 0.25) is 0 Å². The molecule has 4 nitrogen and oxygen atoms in total. The molecule has 1 heterocycles. The summed E-state index contributed by atoms with van der Waals surface area (Å²) in [5.74, 6) is -1.01. The van der Waals surface area contributed by atoms with Gasteiger partial charge in [0.05, 0.1) is 5.56 Å². The van der Waals surface area contributed by atoms with Gasteiger partial charge in [-0.3, -0.25) is 4.98 Å². The van der Waals surface area contributed by atoms with Gasteiger partial charge in [0.1, 0.15) is 0 Å². The van der Waals surface area contributed by atoms with Crippen LogP contribution in [0.15, 0.2) is 31.1 Å². The van der Waals surface area contributed by atoms with Crippen LogP contribution in [0.4, 0.5) is 0 Å². The smallest absolute Gasteiger partial charge is 0.337 e. The molecule has 3 N–H and O–H groups in total. The molecule has 1 rings (SSSR count).